The number of benzene rings is 1. The van der Waals surface area contributed by atoms with Crippen LogP contribution in [0.4, 0.5) is 4.39 Å². The number of nitrogens with two attached hydrogens (primary N) is 1. The largest absolute Gasteiger partial charge is 0.480 e. The molecule has 0 radical (unpaired) electrons. The zero-order chi connectivity index (χ0) is 15.5. The highest BCUT2D eigenvalue weighted by molar-refractivity contribution is 5.85. The molecule has 0 amide bonds. The summed E-state index contributed by atoms with van der Waals surface area (Å²) in [6.45, 7) is 0.435. The Bertz CT molecular complexity index is 666. The van der Waals surface area contributed by atoms with Gasteiger partial charge in [-0.25, -0.2) is 14.4 Å². The van der Waals surface area contributed by atoms with E-state index in [-0.39, 0.29) is 30.6 Å². The Morgan fingerprint density at radius 1 is 1.25 bits per heavy atom. The van der Waals surface area contributed by atoms with Gasteiger partial charge in [0, 0.05) is 24.2 Å². The second-order valence-corrected chi connectivity index (χ2v) is 5.80. The third kappa shape index (κ3) is 4.66. The molecule has 0 spiro atoms. The highest BCUT2D eigenvalue weighted by Crippen LogP contribution is 2.22. The van der Waals surface area contributed by atoms with Crippen LogP contribution in [-0.2, 0) is 6.54 Å². The molecule has 1 aliphatic carbocycles. The topological polar surface area (TPSA) is 73.1 Å². The molecule has 0 unspecified atom stereocenters. The molecule has 2 aromatic rings. The van der Waals surface area contributed by atoms with Gasteiger partial charge in [-0.15, -0.1) is 24.8 Å². The summed E-state index contributed by atoms with van der Waals surface area (Å²) in [5, 5.41) is 3.42. The van der Waals surface area contributed by atoms with E-state index in [1.54, 1.807) is 12.3 Å². The Labute approximate surface area is 153 Å². The minimum atomic E-state index is -0.268. The van der Waals surface area contributed by atoms with Crippen LogP contribution in [0.25, 0.3) is 11.0 Å². The Hall–Kier alpha value is -1.21. The molecule has 134 valence electrons. The van der Waals surface area contributed by atoms with E-state index < -0.39 is 0 Å². The van der Waals surface area contributed by atoms with Gasteiger partial charge in [0.15, 0.2) is 0 Å². The molecule has 8 heteroatoms. The molecule has 1 aromatic carbocycles. The van der Waals surface area contributed by atoms with Gasteiger partial charge in [-0.05, 0) is 37.8 Å². The highest BCUT2D eigenvalue weighted by Gasteiger charge is 2.19. The normalized spacial score (nSPS) is 20.1. The SMILES string of the molecule is COc1cnc2ccc(F)c(CN[C@H]3CC[C@H](N)CC3)c2n1.Cl.Cl. The number of nitrogens with zero attached hydrogens (tertiary/aromatic N) is 2. The molecule has 5 nitrogen and oxygen atoms in total. The molecule has 3 N–H and O–H groups in total. The average molecular weight is 377 g/mol. The fraction of sp³-hybridized carbons (Fsp3) is 0.500. The van der Waals surface area contributed by atoms with Crippen LogP contribution in [0.3, 0.4) is 0 Å². The van der Waals surface area contributed by atoms with Gasteiger partial charge >= 0.3 is 0 Å². The molecule has 0 bridgehead atoms. The van der Waals surface area contributed by atoms with Crippen LogP contribution in [0.2, 0.25) is 0 Å². The molecular formula is C16H23Cl2FN4O. The van der Waals surface area contributed by atoms with Crippen molar-refractivity contribution < 1.29 is 9.13 Å². The summed E-state index contributed by atoms with van der Waals surface area (Å²) in [5.74, 6) is 0.123. The number of ether oxygens (including phenoxy) is 1. The third-order valence-electron chi connectivity index (χ3n) is 4.29. The van der Waals surface area contributed by atoms with Gasteiger partial charge in [-0.1, -0.05) is 0 Å². The van der Waals surface area contributed by atoms with E-state index in [0.717, 1.165) is 25.7 Å². The maximum atomic E-state index is 14.2. The molecular weight excluding hydrogens is 354 g/mol. The lowest BCUT2D eigenvalue weighted by atomic mass is 9.91. The van der Waals surface area contributed by atoms with Crippen molar-refractivity contribution in [3.63, 3.8) is 0 Å². The van der Waals surface area contributed by atoms with Gasteiger partial charge < -0.3 is 15.8 Å². The molecule has 1 saturated carbocycles. The van der Waals surface area contributed by atoms with E-state index in [0.29, 0.717) is 41.1 Å². The average Bonchev–Trinajstić information content (AvgIpc) is 2.55. The first kappa shape index (κ1) is 20.8. The number of aromatic nitrogens is 2. The van der Waals surface area contributed by atoms with Crippen molar-refractivity contribution in [2.75, 3.05) is 7.11 Å². The van der Waals surface area contributed by atoms with Gasteiger partial charge in [-0.2, -0.15) is 0 Å². The molecule has 0 atom stereocenters. The first-order valence-corrected chi connectivity index (χ1v) is 7.64. The molecule has 0 saturated heterocycles. The molecule has 0 aliphatic heterocycles. The van der Waals surface area contributed by atoms with Gasteiger partial charge in [0.2, 0.25) is 5.88 Å². The zero-order valence-electron chi connectivity index (χ0n) is 13.5. The van der Waals surface area contributed by atoms with Crippen LogP contribution in [0.5, 0.6) is 5.88 Å². The fourth-order valence-electron chi connectivity index (χ4n) is 2.93. The first-order valence-electron chi connectivity index (χ1n) is 7.64. The quantitative estimate of drug-likeness (QED) is 0.857. The minimum absolute atomic E-state index is 0. The fourth-order valence-corrected chi connectivity index (χ4v) is 2.93. The first-order chi connectivity index (χ1) is 10.7. The second-order valence-electron chi connectivity index (χ2n) is 5.80. The van der Waals surface area contributed by atoms with Crippen LogP contribution >= 0.6 is 24.8 Å². The maximum absolute atomic E-state index is 14.2. The number of hydrogen-bond donors (Lipinski definition) is 2. The maximum Gasteiger partial charge on any atom is 0.232 e. The Balaban J connectivity index is 0.00000144. The smallest absolute Gasteiger partial charge is 0.232 e. The van der Waals surface area contributed by atoms with E-state index in [2.05, 4.69) is 15.3 Å². The standard InChI is InChI=1S/C16H21FN4O.2ClH/c1-22-15-9-20-14-7-6-13(17)12(16(14)21-15)8-19-11-4-2-10(18)3-5-11;;/h6-7,9-11,19H,2-5,8,18H2,1H3;2*1H/t10-,11-;;. The number of methoxy groups -OCH3 is 1. The van der Waals surface area contributed by atoms with Crippen molar-refractivity contribution in [1.82, 2.24) is 15.3 Å². The molecule has 1 aromatic heterocycles. The summed E-state index contributed by atoms with van der Waals surface area (Å²) in [5.41, 5.74) is 7.68. The summed E-state index contributed by atoms with van der Waals surface area (Å²) in [6, 6.07) is 3.77. The van der Waals surface area contributed by atoms with E-state index >= 15 is 0 Å². The molecule has 1 heterocycles. The second kappa shape index (κ2) is 9.32. The molecule has 3 rings (SSSR count). The summed E-state index contributed by atoms with van der Waals surface area (Å²) in [6.07, 6.45) is 5.64. The van der Waals surface area contributed by atoms with E-state index in [9.17, 15) is 4.39 Å². The van der Waals surface area contributed by atoms with Crippen molar-refractivity contribution in [1.29, 1.82) is 0 Å². The van der Waals surface area contributed by atoms with E-state index in [4.69, 9.17) is 10.5 Å². The van der Waals surface area contributed by atoms with Gasteiger partial charge in [-0.3, -0.25) is 0 Å². The van der Waals surface area contributed by atoms with Crippen molar-refractivity contribution in [2.24, 2.45) is 5.73 Å². The Morgan fingerprint density at radius 2 is 1.96 bits per heavy atom. The predicted molar refractivity (Wildman–Crippen MR) is 97.6 cm³/mol. The number of fused-ring (bicyclic) bond motifs is 1. The minimum Gasteiger partial charge on any atom is -0.480 e. The Kier molecular flexibility index (Phi) is 8.09. The van der Waals surface area contributed by atoms with Crippen LogP contribution in [0.15, 0.2) is 18.3 Å². The van der Waals surface area contributed by atoms with Gasteiger partial charge in [0.1, 0.15) is 11.3 Å². The third-order valence-corrected chi connectivity index (χ3v) is 4.29. The van der Waals surface area contributed by atoms with Crippen LogP contribution in [-0.4, -0.2) is 29.2 Å². The lowest BCUT2D eigenvalue weighted by Gasteiger charge is -2.27. The van der Waals surface area contributed by atoms with E-state index in [1.165, 1.54) is 13.2 Å². The number of rotatable bonds is 4. The van der Waals surface area contributed by atoms with Crippen LogP contribution in [0.1, 0.15) is 31.2 Å². The van der Waals surface area contributed by atoms with E-state index in [1.807, 2.05) is 0 Å². The molecule has 1 aliphatic rings. The van der Waals surface area contributed by atoms with Crippen LogP contribution < -0.4 is 15.8 Å². The van der Waals surface area contributed by atoms with Crippen molar-refractivity contribution in [3.8, 4) is 5.88 Å². The number of hydrogen-bond acceptors (Lipinski definition) is 5. The highest BCUT2D eigenvalue weighted by atomic mass is 35.5. The number of nitrogens with one attached hydrogen (secondary N) is 1. The summed E-state index contributed by atoms with van der Waals surface area (Å²) < 4.78 is 19.3. The monoisotopic (exact) mass is 376 g/mol. The van der Waals surface area contributed by atoms with Crippen molar-refractivity contribution >= 4 is 35.8 Å². The van der Waals surface area contributed by atoms with Crippen molar-refractivity contribution in [2.45, 2.75) is 44.3 Å². The summed E-state index contributed by atoms with van der Waals surface area (Å²) in [4.78, 5) is 8.61. The molecule has 1 fully saturated rings. The Morgan fingerprint density at radius 3 is 2.62 bits per heavy atom. The zero-order valence-corrected chi connectivity index (χ0v) is 15.1. The van der Waals surface area contributed by atoms with Crippen molar-refractivity contribution in [3.05, 3.63) is 29.7 Å². The molecule has 24 heavy (non-hydrogen) atoms. The summed E-state index contributed by atoms with van der Waals surface area (Å²) in [7, 11) is 1.53. The number of halogens is 3. The van der Waals surface area contributed by atoms with Gasteiger partial charge in [0.05, 0.1) is 18.8 Å². The van der Waals surface area contributed by atoms with Crippen LogP contribution in [0, 0.1) is 5.82 Å². The summed E-state index contributed by atoms with van der Waals surface area (Å²) >= 11 is 0. The van der Waals surface area contributed by atoms with Gasteiger partial charge in [0.25, 0.3) is 0 Å². The lowest BCUT2D eigenvalue weighted by molar-refractivity contribution is 0.340. The predicted octanol–water partition coefficient (Wildman–Crippen LogP) is 2.98. The lowest BCUT2D eigenvalue weighted by Crippen LogP contribution is -2.37.